The summed E-state index contributed by atoms with van der Waals surface area (Å²) in [7, 11) is 0. The molecule has 4 heteroatoms. The molecule has 0 amide bonds. The van der Waals surface area contributed by atoms with Crippen molar-refractivity contribution in [1.82, 2.24) is 15.3 Å². The normalized spacial score (nSPS) is 19.7. The lowest BCUT2D eigenvalue weighted by Crippen LogP contribution is -2.21. The van der Waals surface area contributed by atoms with E-state index in [2.05, 4.69) is 20.6 Å². The van der Waals surface area contributed by atoms with Gasteiger partial charge in [0.15, 0.2) is 0 Å². The van der Waals surface area contributed by atoms with E-state index in [0.29, 0.717) is 0 Å². The topological polar surface area (TPSA) is 49.8 Å². The van der Waals surface area contributed by atoms with Crippen LogP contribution in [0.4, 0.5) is 5.95 Å². The van der Waals surface area contributed by atoms with Crippen LogP contribution in [0.2, 0.25) is 0 Å². The van der Waals surface area contributed by atoms with E-state index in [1.807, 2.05) is 6.20 Å². The van der Waals surface area contributed by atoms with Crippen LogP contribution in [0.1, 0.15) is 30.5 Å². The van der Waals surface area contributed by atoms with Gasteiger partial charge in [-0.2, -0.15) is 0 Å². The number of fused-ring (bicyclic) bond motifs is 1. The van der Waals surface area contributed by atoms with Crippen LogP contribution in [0.25, 0.3) is 0 Å². The van der Waals surface area contributed by atoms with Crippen LogP contribution >= 0.6 is 0 Å². The molecular weight excluding hydrogens is 188 g/mol. The monoisotopic (exact) mass is 204 g/mol. The molecule has 1 aliphatic carbocycles. The van der Waals surface area contributed by atoms with Crippen LogP contribution in [0.15, 0.2) is 6.20 Å². The summed E-state index contributed by atoms with van der Waals surface area (Å²) in [4.78, 5) is 8.82. The molecule has 0 aromatic carbocycles. The van der Waals surface area contributed by atoms with Crippen molar-refractivity contribution in [2.75, 3.05) is 11.9 Å². The molecule has 1 aromatic heterocycles. The number of hydrogen-bond donors (Lipinski definition) is 2. The van der Waals surface area contributed by atoms with Gasteiger partial charge < -0.3 is 10.6 Å². The Morgan fingerprint density at radius 2 is 2.33 bits per heavy atom. The summed E-state index contributed by atoms with van der Waals surface area (Å²) in [6.07, 6.45) is 6.05. The van der Waals surface area contributed by atoms with Crippen LogP contribution in [0.3, 0.4) is 0 Å². The number of nitrogens with one attached hydrogen (secondary N) is 2. The van der Waals surface area contributed by atoms with E-state index in [4.69, 9.17) is 0 Å². The number of rotatable bonds is 3. The molecule has 2 N–H and O–H groups in total. The molecule has 1 saturated carbocycles. The molecule has 4 nitrogen and oxygen atoms in total. The number of aromatic nitrogens is 2. The molecule has 1 aliphatic heterocycles. The molecule has 0 atom stereocenters. The summed E-state index contributed by atoms with van der Waals surface area (Å²) < 4.78 is 0. The zero-order valence-electron chi connectivity index (χ0n) is 8.79. The Labute approximate surface area is 89.5 Å². The Hall–Kier alpha value is -1.16. The molecule has 1 aromatic rings. The van der Waals surface area contributed by atoms with Crippen molar-refractivity contribution in [3.8, 4) is 0 Å². The second kappa shape index (κ2) is 3.77. The largest absolute Gasteiger partial charge is 0.354 e. The van der Waals surface area contributed by atoms with Gasteiger partial charge in [-0.3, -0.25) is 0 Å². The lowest BCUT2D eigenvalue weighted by atomic mass is 9.85. The van der Waals surface area contributed by atoms with Crippen molar-refractivity contribution in [2.24, 2.45) is 5.92 Å². The lowest BCUT2D eigenvalue weighted by Gasteiger charge is -2.25. The fraction of sp³-hybridized carbons (Fsp3) is 0.636. The molecule has 0 unspecified atom stereocenters. The van der Waals surface area contributed by atoms with Gasteiger partial charge in [-0.05, 0) is 18.8 Å². The van der Waals surface area contributed by atoms with Gasteiger partial charge in [0, 0.05) is 31.4 Å². The summed E-state index contributed by atoms with van der Waals surface area (Å²) >= 11 is 0. The van der Waals surface area contributed by atoms with Crippen LogP contribution in [-0.2, 0) is 13.1 Å². The van der Waals surface area contributed by atoms with Crippen molar-refractivity contribution in [2.45, 2.75) is 32.4 Å². The molecule has 0 saturated heterocycles. The van der Waals surface area contributed by atoms with Gasteiger partial charge in [-0.1, -0.05) is 6.42 Å². The van der Waals surface area contributed by atoms with E-state index >= 15 is 0 Å². The first-order valence-corrected chi connectivity index (χ1v) is 5.71. The summed E-state index contributed by atoms with van der Waals surface area (Å²) in [5.74, 6) is 1.64. The fourth-order valence-corrected chi connectivity index (χ4v) is 2.08. The third-order valence-corrected chi connectivity index (χ3v) is 3.34. The van der Waals surface area contributed by atoms with E-state index in [1.54, 1.807) is 0 Å². The third-order valence-electron chi connectivity index (χ3n) is 3.34. The summed E-state index contributed by atoms with van der Waals surface area (Å²) in [6, 6.07) is 0. The highest BCUT2D eigenvalue weighted by atomic mass is 15.1. The minimum absolute atomic E-state index is 0.796. The third kappa shape index (κ3) is 1.81. The molecule has 0 bridgehead atoms. The highest BCUT2D eigenvalue weighted by Gasteiger charge is 2.18. The quantitative estimate of drug-likeness (QED) is 0.779. The highest BCUT2D eigenvalue weighted by Crippen LogP contribution is 2.26. The number of anilines is 1. The van der Waals surface area contributed by atoms with Gasteiger partial charge in [-0.15, -0.1) is 0 Å². The SMILES string of the molecule is c1nc(NCC2CCC2)nc2c1CNC2. The smallest absolute Gasteiger partial charge is 0.222 e. The van der Waals surface area contributed by atoms with Gasteiger partial charge >= 0.3 is 0 Å². The molecule has 80 valence electrons. The standard InChI is InChI=1S/C11H16N4/c1-2-8(3-1)4-13-11-14-6-9-5-12-7-10(9)15-11/h6,8,12H,1-5,7H2,(H,13,14,15). The van der Waals surface area contributed by atoms with Crippen LogP contribution in [0.5, 0.6) is 0 Å². The zero-order valence-corrected chi connectivity index (χ0v) is 8.79. The van der Waals surface area contributed by atoms with Crippen molar-refractivity contribution in [3.05, 3.63) is 17.5 Å². The summed E-state index contributed by atoms with van der Waals surface area (Å²) in [5.41, 5.74) is 2.39. The second-order valence-corrected chi connectivity index (χ2v) is 4.45. The second-order valence-electron chi connectivity index (χ2n) is 4.45. The van der Waals surface area contributed by atoms with E-state index in [0.717, 1.165) is 37.2 Å². The molecule has 1 fully saturated rings. The molecule has 15 heavy (non-hydrogen) atoms. The average molecular weight is 204 g/mol. The van der Waals surface area contributed by atoms with Gasteiger partial charge in [0.25, 0.3) is 0 Å². The first-order valence-electron chi connectivity index (χ1n) is 5.71. The van der Waals surface area contributed by atoms with E-state index in [-0.39, 0.29) is 0 Å². The summed E-state index contributed by atoms with van der Waals surface area (Å²) in [5, 5.41) is 6.60. The van der Waals surface area contributed by atoms with E-state index in [9.17, 15) is 0 Å². The minimum atomic E-state index is 0.796. The molecule has 2 aliphatic rings. The maximum atomic E-state index is 4.50. The molecule has 0 radical (unpaired) electrons. The highest BCUT2D eigenvalue weighted by molar-refractivity contribution is 5.31. The van der Waals surface area contributed by atoms with Gasteiger partial charge in [-0.25, -0.2) is 9.97 Å². The number of hydrogen-bond acceptors (Lipinski definition) is 4. The van der Waals surface area contributed by atoms with Crippen molar-refractivity contribution >= 4 is 5.95 Å². The number of nitrogens with zero attached hydrogens (tertiary/aromatic N) is 2. The zero-order chi connectivity index (χ0) is 10.1. The van der Waals surface area contributed by atoms with Crippen LogP contribution in [0, 0.1) is 5.92 Å². The Kier molecular flexibility index (Phi) is 2.29. The van der Waals surface area contributed by atoms with Crippen molar-refractivity contribution < 1.29 is 0 Å². The van der Waals surface area contributed by atoms with Crippen LogP contribution in [-0.4, -0.2) is 16.5 Å². The van der Waals surface area contributed by atoms with Crippen LogP contribution < -0.4 is 10.6 Å². The lowest BCUT2D eigenvalue weighted by molar-refractivity contribution is 0.333. The minimum Gasteiger partial charge on any atom is -0.354 e. The summed E-state index contributed by atoms with van der Waals surface area (Å²) in [6.45, 7) is 2.83. The average Bonchev–Trinajstić information content (AvgIpc) is 2.62. The van der Waals surface area contributed by atoms with E-state index in [1.165, 1.54) is 24.8 Å². The molecule has 0 spiro atoms. The first kappa shape index (κ1) is 9.09. The van der Waals surface area contributed by atoms with Crippen molar-refractivity contribution in [1.29, 1.82) is 0 Å². The van der Waals surface area contributed by atoms with Gasteiger partial charge in [0.05, 0.1) is 5.69 Å². The predicted octanol–water partition coefficient (Wildman–Crippen LogP) is 1.29. The molecule has 3 rings (SSSR count). The molecule has 2 heterocycles. The maximum absolute atomic E-state index is 4.50. The fourth-order valence-electron chi connectivity index (χ4n) is 2.08. The first-order chi connectivity index (χ1) is 7.42. The van der Waals surface area contributed by atoms with Gasteiger partial charge in [0.2, 0.25) is 5.95 Å². The Bertz CT molecular complexity index is 360. The van der Waals surface area contributed by atoms with E-state index < -0.39 is 0 Å². The molecular formula is C11H16N4. The Morgan fingerprint density at radius 3 is 3.13 bits per heavy atom. The maximum Gasteiger partial charge on any atom is 0.222 e. The van der Waals surface area contributed by atoms with Crippen molar-refractivity contribution in [3.63, 3.8) is 0 Å². The predicted molar refractivity (Wildman–Crippen MR) is 58.4 cm³/mol. The Morgan fingerprint density at radius 1 is 1.40 bits per heavy atom. The Balaban J connectivity index is 1.64. The van der Waals surface area contributed by atoms with Gasteiger partial charge in [0.1, 0.15) is 0 Å².